The van der Waals surface area contributed by atoms with Crippen molar-refractivity contribution in [2.24, 2.45) is 17.0 Å². The van der Waals surface area contributed by atoms with Crippen LogP contribution in [0.1, 0.15) is 22.6 Å². The van der Waals surface area contributed by atoms with Gasteiger partial charge >= 0.3 is 5.97 Å². The van der Waals surface area contributed by atoms with Crippen LogP contribution in [0.5, 0.6) is 28.7 Å². The van der Waals surface area contributed by atoms with Gasteiger partial charge in [0, 0.05) is 18.1 Å². The first-order chi connectivity index (χ1) is 15.6. The molecule has 0 unspecified atom stereocenters. The van der Waals surface area contributed by atoms with E-state index in [9.17, 15) is 10.0 Å². The highest BCUT2D eigenvalue weighted by Gasteiger charge is 2.44. The van der Waals surface area contributed by atoms with Crippen molar-refractivity contribution in [2.75, 3.05) is 35.2 Å². The van der Waals surface area contributed by atoms with Gasteiger partial charge in [-0.2, -0.15) is 0 Å². The van der Waals surface area contributed by atoms with E-state index < -0.39 is 23.7 Å². The van der Waals surface area contributed by atoms with Gasteiger partial charge < -0.3 is 33.6 Å². The summed E-state index contributed by atoms with van der Waals surface area (Å²) in [6, 6.07) is 7.44. The molecule has 0 saturated carbocycles. The summed E-state index contributed by atoms with van der Waals surface area (Å²) in [6.07, 6.45) is 1.84. The molecule has 9 heteroatoms. The van der Waals surface area contributed by atoms with E-state index in [-0.39, 0.29) is 6.79 Å². The molecule has 9 nitrogen and oxygen atoms in total. The van der Waals surface area contributed by atoms with E-state index in [0.29, 0.717) is 35.2 Å². The number of hydrogen-bond donors (Lipinski definition) is 1. The molecule has 1 heterocycles. The van der Waals surface area contributed by atoms with Crippen molar-refractivity contribution < 1.29 is 38.4 Å². The molecule has 0 spiro atoms. The van der Waals surface area contributed by atoms with Crippen LogP contribution < -0.4 is 23.7 Å². The summed E-state index contributed by atoms with van der Waals surface area (Å²) in [6.45, 7) is 0.134. The number of rotatable bonds is 6. The van der Waals surface area contributed by atoms with E-state index in [4.69, 9.17) is 28.4 Å². The molecule has 1 aliphatic carbocycles. The summed E-state index contributed by atoms with van der Waals surface area (Å²) in [5, 5.41) is 12.5. The minimum Gasteiger partial charge on any atom is -0.493 e. The number of ether oxygens (including phenoxy) is 6. The molecule has 0 bridgehead atoms. The predicted octanol–water partition coefficient (Wildman–Crippen LogP) is 2.99. The fourth-order valence-corrected chi connectivity index (χ4v) is 4.63. The Morgan fingerprint density at radius 1 is 1.03 bits per heavy atom. The monoisotopic (exact) mass is 443 g/mol. The molecule has 32 heavy (non-hydrogen) atoms. The van der Waals surface area contributed by atoms with E-state index in [1.165, 1.54) is 34.7 Å². The van der Waals surface area contributed by atoms with Crippen LogP contribution in [-0.4, -0.2) is 52.6 Å². The minimum absolute atomic E-state index is 0.134. The molecule has 0 saturated heterocycles. The van der Waals surface area contributed by atoms with Gasteiger partial charge in [-0.15, -0.1) is 5.16 Å². The average molecular weight is 443 g/mol. The van der Waals surface area contributed by atoms with Crippen LogP contribution in [0.3, 0.4) is 0 Å². The Labute approximate surface area is 185 Å². The fourth-order valence-electron chi connectivity index (χ4n) is 4.63. The van der Waals surface area contributed by atoms with E-state index in [1.807, 2.05) is 24.3 Å². The highest BCUT2D eigenvalue weighted by atomic mass is 16.7. The number of esters is 1. The lowest BCUT2D eigenvalue weighted by Crippen LogP contribution is -2.37. The van der Waals surface area contributed by atoms with Gasteiger partial charge in [-0.05, 0) is 47.4 Å². The number of carbonyl (C=O) groups is 1. The highest BCUT2D eigenvalue weighted by Crippen LogP contribution is 2.50. The Bertz CT molecular complexity index is 1030. The molecule has 4 rings (SSSR count). The van der Waals surface area contributed by atoms with Gasteiger partial charge in [-0.3, -0.25) is 4.79 Å². The molecule has 170 valence electrons. The van der Waals surface area contributed by atoms with Crippen molar-refractivity contribution in [3.8, 4) is 28.7 Å². The van der Waals surface area contributed by atoms with Gasteiger partial charge in [-0.25, -0.2) is 0 Å². The molecule has 0 amide bonds. The zero-order valence-corrected chi connectivity index (χ0v) is 18.3. The number of oxime groups is 1. The van der Waals surface area contributed by atoms with Gasteiger partial charge in [0.2, 0.25) is 12.5 Å². The van der Waals surface area contributed by atoms with Crippen LogP contribution >= 0.6 is 0 Å². The Morgan fingerprint density at radius 2 is 1.69 bits per heavy atom. The van der Waals surface area contributed by atoms with Crippen LogP contribution in [0, 0.1) is 11.8 Å². The fraction of sp³-hybridized carbons (Fsp3) is 0.391. The highest BCUT2D eigenvalue weighted by molar-refractivity contribution is 5.81. The average Bonchev–Trinajstić information content (AvgIpc) is 3.27. The molecular formula is C23H25NO8. The van der Waals surface area contributed by atoms with Crippen molar-refractivity contribution in [3.05, 3.63) is 41.0 Å². The standard InChI is InChI=1S/C23H25NO8/c1-27-18-7-13(8-19(28-2)22(18)29-3)20-15-9-17-16(31-11-32-17)6-12(15)5-14(10-24-26)21(20)23(25)30-4/h6-10,14,20-21,26H,5,11H2,1-4H3/b24-10+/t14-,20+,21+/m0/s1. The number of nitrogens with zero attached hydrogens (tertiary/aromatic N) is 1. The van der Waals surface area contributed by atoms with Crippen LogP contribution in [0.2, 0.25) is 0 Å². The number of carbonyl (C=O) groups excluding carboxylic acids is 1. The molecule has 0 fully saturated rings. The summed E-state index contributed by atoms with van der Waals surface area (Å²) in [7, 11) is 5.94. The van der Waals surface area contributed by atoms with Gasteiger partial charge in [0.25, 0.3) is 0 Å². The van der Waals surface area contributed by atoms with Crippen LogP contribution in [-0.2, 0) is 16.0 Å². The molecule has 2 aromatic rings. The molecule has 0 aromatic heterocycles. The SMILES string of the molecule is COC(=O)[C@H]1[C@H](c2cc(OC)c(OC)c(OC)c2)c2cc3c(cc2C[C@H]1/C=N/O)OCO3. The van der Waals surface area contributed by atoms with Gasteiger partial charge in [0.05, 0.1) is 34.4 Å². The predicted molar refractivity (Wildman–Crippen MR) is 113 cm³/mol. The minimum atomic E-state index is -0.661. The topological polar surface area (TPSA) is 105 Å². The van der Waals surface area contributed by atoms with Crippen molar-refractivity contribution in [3.63, 3.8) is 0 Å². The number of benzene rings is 2. The van der Waals surface area contributed by atoms with E-state index in [1.54, 1.807) is 0 Å². The summed E-state index contributed by atoms with van der Waals surface area (Å²) >= 11 is 0. The molecule has 0 radical (unpaired) electrons. The zero-order chi connectivity index (χ0) is 22.8. The van der Waals surface area contributed by atoms with E-state index in [2.05, 4.69) is 5.16 Å². The Kier molecular flexibility index (Phi) is 5.98. The molecule has 3 atom stereocenters. The van der Waals surface area contributed by atoms with Gasteiger partial charge in [-0.1, -0.05) is 0 Å². The molecule has 2 aromatic carbocycles. The second-order valence-electron chi connectivity index (χ2n) is 7.52. The lowest BCUT2D eigenvalue weighted by atomic mass is 9.66. The third-order valence-electron chi connectivity index (χ3n) is 6.02. The Hall–Kier alpha value is -3.62. The van der Waals surface area contributed by atoms with Crippen molar-refractivity contribution in [1.29, 1.82) is 0 Å². The third-order valence-corrected chi connectivity index (χ3v) is 6.02. The van der Waals surface area contributed by atoms with Gasteiger partial charge in [0.15, 0.2) is 23.0 Å². The first-order valence-corrected chi connectivity index (χ1v) is 10.0. The quantitative estimate of drug-likeness (QED) is 0.314. The van der Waals surface area contributed by atoms with E-state index >= 15 is 0 Å². The largest absolute Gasteiger partial charge is 0.493 e. The smallest absolute Gasteiger partial charge is 0.310 e. The van der Waals surface area contributed by atoms with Crippen LogP contribution in [0.25, 0.3) is 0 Å². The maximum Gasteiger partial charge on any atom is 0.310 e. The molecule has 1 aliphatic heterocycles. The Balaban J connectivity index is 1.97. The number of methoxy groups -OCH3 is 4. The maximum absolute atomic E-state index is 13.0. The third kappa shape index (κ3) is 3.53. The van der Waals surface area contributed by atoms with Crippen molar-refractivity contribution >= 4 is 12.2 Å². The first kappa shape index (κ1) is 21.6. The van der Waals surface area contributed by atoms with Gasteiger partial charge in [0.1, 0.15) is 0 Å². The van der Waals surface area contributed by atoms with Crippen molar-refractivity contribution in [2.45, 2.75) is 12.3 Å². The normalized spacial score (nSPS) is 21.2. The molecule has 1 N–H and O–H groups in total. The zero-order valence-electron chi connectivity index (χ0n) is 18.3. The van der Waals surface area contributed by atoms with Crippen LogP contribution in [0.4, 0.5) is 0 Å². The lowest BCUT2D eigenvalue weighted by molar-refractivity contribution is -0.147. The summed E-state index contributed by atoms with van der Waals surface area (Å²) in [5.74, 6) is 0.674. The second kappa shape index (κ2) is 8.86. The maximum atomic E-state index is 13.0. The first-order valence-electron chi connectivity index (χ1n) is 10.0. The Morgan fingerprint density at radius 3 is 2.25 bits per heavy atom. The lowest BCUT2D eigenvalue weighted by Gasteiger charge is -2.37. The molecular weight excluding hydrogens is 418 g/mol. The van der Waals surface area contributed by atoms with Crippen LogP contribution in [0.15, 0.2) is 29.4 Å². The second-order valence-corrected chi connectivity index (χ2v) is 7.52. The summed E-state index contributed by atoms with van der Waals surface area (Å²) in [4.78, 5) is 13.0. The number of hydrogen-bond acceptors (Lipinski definition) is 9. The summed E-state index contributed by atoms with van der Waals surface area (Å²) < 4.78 is 32.8. The van der Waals surface area contributed by atoms with Crippen molar-refractivity contribution in [1.82, 2.24) is 0 Å². The van der Waals surface area contributed by atoms with E-state index in [0.717, 1.165) is 16.7 Å². The number of fused-ring (bicyclic) bond motifs is 2. The summed E-state index contributed by atoms with van der Waals surface area (Å²) in [5.41, 5.74) is 2.60. The molecule has 2 aliphatic rings.